The number of unbranched alkanes of at least 4 members (excludes halogenated alkanes) is 1. The molecule has 0 amide bonds. The normalized spacial score (nSPS) is 24.0. The van der Waals surface area contributed by atoms with Crippen LogP contribution in [0.25, 0.3) is 11.5 Å². The van der Waals surface area contributed by atoms with Gasteiger partial charge in [0.2, 0.25) is 0 Å². The Labute approximate surface area is 170 Å². The Morgan fingerprint density at radius 2 is 2.17 bits per heavy atom. The molecule has 3 atom stereocenters. The first kappa shape index (κ1) is 21.5. The third kappa shape index (κ3) is 5.23. The number of nitrogens with one attached hydrogen (secondary N) is 1. The van der Waals surface area contributed by atoms with Crippen molar-refractivity contribution in [3.8, 4) is 11.5 Å². The van der Waals surface area contributed by atoms with E-state index in [9.17, 15) is 0 Å². The van der Waals surface area contributed by atoms with Gasteiger partial charge in [0.1, 0.15) is 11.5 Å². The van der Waals surface area contributed by atoms with Crippen molar-refractivity contribution in [2.45, 2.75) is 57.2 Å². The Hall–Kier alpha value is -2.23. The highest BCUT2D eigenvalue weighted by molar-refractivity contribution is 5.49. The average molecular weight is 405 g/mol. The number of imidazole rings is 2. The van der Waals surface area contributed by atoms with E-state index in [4.69, 9.17) is 19.7 Å². The lowest BCUT2D eigenvalue weighted by Gasteiger charge is -2.34. The van der Waals surface area contributed by atoms with Gasteiger partial charge in [0, 0.05) is 50.6 Å². The minimum Gasteiger partial charge on any atom is -0.483 e. The van der Waals surface area contributed by atoms with Crippen LogP contribution in [0.5, 0.6) is 0 Å². The zero-order valence-electron chi connectivity index (χ0n) is 16.9. The number of ether oxygens (including phenoxy) is 1. The first-order valence-corrected chi connectivity index (χ1v) is 10.3. The Kier molecular flexibility index (Phi) is 7.79. The van der Waals surface area contributed by atoms with Gasteiger partial charge in [0.05, 0.1) is 18.9 Å². The molecule has 2 saturated heterocycles. The molecule has 9 heteroatoms. The lowest BCUT2D eigenvalue weighted by atomic mass is 10.1. The van der Waals surface area contributed by atoms with E-state index < -0.39 is 0 Å². The summed E-state index contributed by atoms with van der Waals surface area (Å²) in [6.45, 7) is 4.82. The van der Waals surface area contributed by atoms with Gasteiger partial charge < -0.3 is 24.5 Å². The van der Waals surface area contributed by atoms with Crippen LogP contribution in [0.3, 0.4) is 0 Å². The molecule has 0 aliphatic carbocycles. The van der Waals surface area contributed by atoms with Gasteiger partial charge in [-0.25, -0.2) is 9.97 Å². The van der Waals surface area contributed by atoms with Crippen molar-refractivity contribution >= 4 is 6.47 Å². The molecule has 2 aliphatic heterocycles. The molecule has 2 aromatic rings. The topological polar surface area (TPSA) is 117 Å². The smallest absolute Gasteiger partial charge is 0.290 e. The molecule has 2 fully saturated rings. The first-order chi connectivity index (χ1) is 14.2. The fourth-order valence-corrected chi connectivity index (χ4v) is 4.20. The molecule has 0 aromatic carbocycles. The van der Waals surface area contributed by atoms with Crippen LogP contribution in [0.1, 0.15) is 44.5 Å². The second-order valence-electron chi connectivity index (χ2n) is 7.58. The first-order valence-electron chi connectivity index (χ1n) is 10.3. The molecule has 29 heavy (non-hydrogen) atoms. The van der Waals surface area contributed by atoms with E-state index in [0.29, 0.717) is 12.1 Å². The van der Waals surface area contributed by atoms with Crippen LogP contribution >= 0.6 is 0 Å². The summed E-state index contributed by atoms with van der Waals surface area (Å²) in [6.07, 6.45) is 11.1. The number of carboxylic acid groups (broad SMARTS) is 1. The predicted molar refractivity (Wildman–Crippen MR) is 108 cm³/mol. The number of hydrogen-bond acceptors (Lipinski definition) is 6. The van der Waals surface area contributed by atoms with Crippen LogP contribution in [0.4, 0.5) is 0 Å². The van der Waals surface area contributed by atoms with E-state index >= 15 is 0 Å². The molecule has 3 N–H and O–H groups in total. The number of aromatic nitrogens is 4. The monoisotopic (exact) mass is 405 g/mol. The van der Waals surface area contributed by atoms with Gasteiger partial charge in [-0.1, -0.05) is 13.3 Å². The summed E-state index contributed by atoms with van der Waals surface area (Å²) in [6, 6.07) is 0.864. The maximum absolute atomic E-state index is 9.16. The van der Waals surface area contributed by atoms with E-state index in [2.05, 4.69) is 37.5 Å². The molecular weight excluding hydrogens is 374 g/mol. The number of aromatic amines is 1. The highest BCUT2D eigenvalue weighted by atomic mass is 16.5. The fourth-order valence-electron chi connectivity index (χ4n) is 4.20. The average Bonchev–Trinajstić information content (AvgIpc) is 3.44. The van der Waals surface area contributed by atoms with E-state index in [0.717, 1.165) is 62.7 Å². The molecular formula is C20H31N5O4. The van der Waals surface area contributed by atoms with Crippen LogP contribution in [-0.4, -0.2) is 79.6 Å². The summed E-state index contributed by atoms with van der Waals surface area (Å²) in [5.74, 6) is 2.01. The number of morpholine rings is 1. The molecule has 4 rings (SSSR count). The minimum absolute atomic E-state index is 0.158. The number of nitrogens with zero attached hydrogens (tertiary/aromatic N) is 4. The van der Waals surface area contributed by atoms with Crippen molar-refractivity contribution in [2.75, 3.05) is 26.3 Å². The van der Waals surface area contributed by atoms with Gasteiger partial charge in [0.25, 0.3) is 6.47 Å². The molecule has 4 heterocycles. The van der Waals surface area contributed by atoms with Crippen molar-refractivity contribution in [3.05, 3.63) is 24.4 Å². The van der Waals surface area contributed by atoms with E-state index in [-0.39, 0.29) is 19.2 Å². The molecule has 9 nitrogen and oxygen atoms in total. The third-order valence-electron chi connectivity index (χ3n) is 5.62. The number of hydrogen-bond donors (Lipinski definition) is 3. The van der Waals surface area contributed by atoms with Gasteiger partial charge in [-0.05, 0) is 19.3 Å². The summed E-state index contributed by atoms with van der Waals surface area (Å²) in [5, 5.41) is 16.0. The molecule has 0 unspecified atom stereocenters. The number of rotatable bonds is 7. The Bertz CT molecular complexity index is 762. The molecule has 2 aromatic heterocycles. The van der Waals surface area contributed by atoms with Crippen molar-refractivity contribution < 1.29 is 19.7 Å². The van der Waals surface area contributed by atoms with Gasteiger partial charge in [-0.2, -0.15) is 0 Å². The summed E-state index contributed by atoms with van der Waals surface area (Å²) in [4.78, 5) is 23.4. The van der Waals surface area contributed by atoms with E-state index in [1.54, 1.807) is 0 Å². The quantitative estimate of drug-likeness (QED) is 0.601. The number of aliphatic hydroxyl groups is 1. The Morgan fingerprint density at radius 1 is 1.34 bits per heavy atom. The van der Waals surface area contributed by atoms with Crippen molar-refractivity contribution in [1.29, 1.82) is 0 Å². The van der Waals surface area contributed by atoms with Gasteiger partial charge >= 0.3 is 0 Å². The molecule has 0 radical (unpaired) electrons. The molecule has 160 valence electrons. The van der Waals surface area contributed by atoms with Crippen LogP contribution < -0.4 is 0 Å². The molecule has 2 aliphatic rings. The van der Waals surface area contributed by atoms with Crippen LogP contribution in [-0.2, 0) is 16.0 Å². The maximum atomic E-state index is 9.16. The molecule has 0 saturated carbocycles. The van der Waals surface area contributed by atoms with Crippen LogP contribution in [0.2, 0.25) is 0 Å². The SMILES string of the molecule is CCCCc1ncc(-c2nccn2[C@@H]2C[C@H]3CO[C@@H](CCO)CN3C2)[nH]1.O=CO. The molecule has 0 spiro atoms. The van der Waals surface area contributed by atoms with Crippen molar-refractivity contribution in [2.24, 2.45) is 0 Å². The predicted octanol–water partition coefficient (Wildman–Crippen LogP) is 1.71. The number of carbonyl (C=O) groups is 1. The number of fused-ring (bicyclic) bond motifs is 1. The van der Waals surface area contributed by atoms with Gasteiger partial charge in [0.15, 0.2) is 5.82 Å². The van der Waals surface area contributed by atoms with Gasteiger partial charge in [-0.15, -0.1) is 0 Å². The number of aryl methyl sites for hydroxylation is 1. The summed E-state index contributed by atoms with van der Waals surface area (Å²) < 4.78 is 8.20. The van der Waals surface area contributed by atoms with Crippen LogP contribution in [0, 0.1) is 0 Å². The second-order valence-corrected chi connectivity index (χ2v) is 7.58. The zero-order chi connectivity index (χ0) is 20.6. The number of aliphatic hydroxyl groups excluding tert-OH is 1. The summed E-state index contributed by atoms with van der Waals surface area (Å²) >= 11 is 0. The van der Waals surface area contributed by atoms with E-state index in [1.807, 2.05) is 12.4 Å². The van der Waals surface area contributed by atoms with Crippen LogP contribution in [0.15, 0.2) is 18.6 Å². The molecule has 0 bridgehead atoms. The highest BCUT2D eigenvalue weighted by Crippen LogP contribution is 2.33. The number of H-pyrrole nitrogens is 1. The minimum atomic E-state index is -0.250. The second kappa shape index (κ2) is 10.5. The lowest BCUT2D eigenvalue weighted by molar-refractivity contribution is -0.122. The van der Waals surface area contributed by atoms with Crippen molar-refractivity contribution in [1.82, 2.24) is 24.4 Å². The fraction of sp³-hybridized carbons (Fsp3) is 0.650. The Balaban J connectivity index is 0.000000755. The Morgan fingerprint density at radius 3 is 2.93 bits per heavy atom. The third-order valence-corrected chi connectivity index (χ3v) is 5.62. The van der Waals surface area contributed by atoms with Gasteiger partial charge in [-0.3, -0.25) is 9.69 Å². The zero-order valence-corrected chi connectivity index (χ0v) is 16.9. The largest absolute Gasteiger partial charge is 0.483 e. The summed E-state index contributed by atoms with van der Waals surface area (Å²) in [5.41, 5.74) is 1.00. The lowest BCUT2D eigenvalue weighted by Crippen LogP contribution is -2.46. The van der Waals surface area contributed by atoms with Crippen molar-refractivity contribution in [3.63, 3.8) is 0 Å². The summed E-state index contributed by atoms with van der Waals surface area (Å²) in [7, 11) is 0. The standard InChI is InChI=1S/C19H29N5O2.CH2O2/c1-2-3-4-18-21-10-17(22-18)19-20-6-7-24(19)14-9-15-13-26-16(5-8-25)12-23(15)11-14;2-1-3/h6-7,10,14-16,25H,2-5,8-9,11-13H2,1H3,(H,21,22);1H,(H,2,3)/t14-,15+,16+;/m1./s1. The highest BCUT2D eigenvalue weighted by Gasteiger charge is 2.38. The maximum Gasteiger partial charge on any atom is 0.290 e. The van der Waals surface area contributed by atoms with E-state index in [1.165, 1.54) is 6.42 Å².